The molecule has 4 aromatic rings. The van der Waals surface area contributed by atoms with Crippen LogP contribution < -0.4 is 0 Å². The van der Waals surface area contributed by atoms with Crippen molar-refractivity contribution < 1.29 is 23.6 Å². The summed E-state index contributed by atoms with van der Waals surface area (Å²) in [5, 5.41) is 12.3. The van der Waals surface area contributed by atoms with Crippen LogP contribution in [0.2, 0.25) is 0 Å². The lowest BCUT2D eigenvalue weighted by atomic mass is 9.87. The lowest BCUT2D eigenvalue weighted by Gasteiger charge is -2.32. The van der Waals surface area contributed by atoms with Gasteiger partial charge in [0.1, 0.15) is 5.82 Å². The van der Waals surface area contributed by atoms with Crippen LogP contribution in [0.3, 0.4) is 0 Å². The summed E-state index contributed by atoms with van der Waals surface area (Å²) in [6.07, 6.45) is 3.28. The van der Waals surface area contributed by atoms with Crippen molar-refractivity contribution in [2.75, 3.05) is 19.7 Å². The minimum atomic E-state index is -0.567. The highest BCUT2D eigenvalue weighted by atomic mass is 19.1. The van der Waals surface area contributed by atoms with Crippen LogP contribution in [0.4, 0.5) is 10.1 Å². The molecular weight excluding hydrogens is 525 g/mol. The third-order valence-corrected chi connectivity index (χ3v) is 7.70. The SMILES string of the molecule is CCOC(=O)[C@@H]1CCCN(C(=O)C[C@@H](c2cccc(F)c2)c2cn(Cc3ccccc3)c3ccc([N+](=O)[O-])cc23)C1. The number of nitro groups is 1. The van der Waals surface area contributed by atoms with E-state index in [1.165, 1.54) is 24.3 Å². The predicted molar refractivity (Wildman–Crippen MR) is 153 cm³/mol. The quantitative estimate of drug-likeness (QED) is 0.142. The fourth-order valence-corrected chi connectivity index (χ4v) is 5.71. The number of fused-ring (bicyclic) bond motifs is 1. The molecule has 8 nitrogen and oxygen atoms in total. The van der Waals surface area contributed by atoms with E-state index in [2.05, 4.69) is 0 Å². The maximum atomic E-state index is 14.5. The highest BCUT2D eigenvalue weighted by molar-refractivity contribution is 5.88. The van der Waals surface area contributed by atoms with Crippen LogP contribution >= 0.6 is 0 Å². The first kappa shape index (κ1) is 28.0. The summed E-state index contributed by atoms with van der Waals surface area (Å²) in [7, 11) is 0. The fourth-order valence-electron chi connectivity index (χ4n) is 5.71. The molecule has 2 heterocycles. The monoisotopic (exact) mass is 557 g/mol. The van der Waals surface area contributed by atoms with Gasteiger partial charge in [0.05, 0.1) is 17.4 Å². The number of hydrogen-bond acceptors (Lipinski definition) is 5. The number of nitrogens with zero attached hydrogens (tertiary/aromatic N) is 3. The summed E-state index contributed by atoms with van der Waals surface area (Å²) in [6, 6.07) is 20.7. The molecule has 0 spiro atoms. The van der Waals surface area contributed by atoms with Crippen LogP contribution in [-0.2, 0) is 20.9 Å². The van der Waals surface area contributed by atoms with Gasteiger partial charge in [-0.1, -0.05) is 42.5 Å². The van der Waals surface area contributed by atoms with Gasteiger partial charge >= 0.3 is 5.97 Å². The second-order valence-corrected chi connectivity index (χ2v) is 10.4. The predicted octanol–water partition coefficient (Wildman–Crippen LogP) is 6.06. The third kappa shape index (κ3) is 6.29. The first-order valence-corrected chi connectivity index (χ1v) is 13.8. The van der Waals surface area contributed by atoms with Gasteiger partial charge in [-0.05, 0) is 54.7 Å². The number of halogens is 1. The van der Waals surface area contributed by atoms with E-state index in [0.717, 1.165) is 11.1 Å². The van der Waals surface area contributed by atoms with E-state index in [0.29, 0.717) is 42.4 Å². The molecule has 0 bridgehead atoms. The number of rotatable bonds is 9. The topological polar surface area (TPSA) is 94.7 Å². The Morgan fingerprint density at radius 3 is 2.63 bits per heavy atom. The molecule has 0 unspecified atom stereocenters. The molecule has 9 heteroatoms. The highest BCUT2D eigenvalue weighted by Crippen LogP contribution is 2.37. The van der Waals surface area contributed by atoms with Gasteiger partial charge < -0.3 is 14.2 Å². The number of carbonyl (C=O) groups is 2. The molecule has 1 amide bonds. The number of aromatic nitrogens is 1. The maximum absolute atomic E-state index is 14.5. The number of non-ortho nitro benzene ring substituents is 1. The molecule has 0 radical (unpaired) electrons. The Bertz CT molecular complexity index is 1570. The first-order valence-electron chi connectivity index (χ1n) is 13.8. The molecule has 212 valence electrons. The van der Waals surface area contributed by atoms with Gasteiger partial charge in [0.25, 0.3) is 5.69 Å². The van der Waals surface area contributed by atoms with E-state index in [1.54, 1.807) is 30.0 Å². The smallest absolute Gasteiger partial charge is 0.310 e. The summed E-state index contributed by atoms with van der Waals surface area (Å²) in [5.41, 5.74) is 3.07. The number of likely N-dealkylation sites (tertiary alicyclic amines) is 1. The molecule has 0 aliphatic carbocycles. The van der Waals surface area contributed by atoms with E-state index < -0.39 is 16.7 Å². The van der Waals surface area contributed by atoms with Gasteiger partial charge in [0.15, 0.2) is 0 Å². The summed E-state index contributed by atoms with van der Waals surface area (Å²) in [5.74, 6) is -1.84. The zero-order valence-electron chi connectivity index (χ0n) is 22.9. The number of piperidine rings is 1. The van der Waals surface area contributed by atoms with Crippen LogP contribution in [0, 0.1) is 21.8 Å². The Labute approximate surface area is 237 Å². The summed E-state index contributed by atoms with van der Waals surface area (Å²) < 4.78 is 21.7. The molecule has 1 saturated heterocycles. The average molecular weight is 558 g/mol. The van der Waals surface area contributed by atoms with Crippen molar-refractivity contribution in [3.05, 3.63) is 112 Å². The molecule has 0 N–H and O–H groups in total. The van der Waals surface area contributed by atoms with Crippen molar-refractivity contribution in [2.45, 2.75) is 38.6 Å². The molecule has 5 rings (SSSR count). The zero-order valence-corrected chi connectivity index (χ0v) is 22.9. The van der Waals surface area contributed by atoms with E-state index in [1.807, 2.05) is 41.1 Å². The van der Waals surface area contributed by atoms with Crippen molar-refractivity contribution in [3.8, 4) is 0 Å². The largest absolute Gasteiger partial charge is 0.466 e. The fraction of sp³-hybridized carbons (Fsp3) is 0.312. The van der Waals surface area contributed by atoms with E-state index in [9.17, 15) is 24.1 Å². The molecule has 0 saturated carbocycles. The van der Waals surface area contributed by atoms with Crippen LogP contribution in [0.1, 0.15) is 48.8 Å². The number of ether oxygens (including phenoxy) is 1. The van der Waals surface area contributed by atoms with Crippen LogP contribution in [-0.4, -0.2) is 46.0 Å². The van der Waals surface area contributed by atoms with Crippen LogP contribution in [0.5, 0.6) is 0 Å². The van der Waals surface area contributed by atoms with Gasteiger partial charge in [-0.3, -0.25) is 19.7 Å². The Kier molecular flexibility index (Phi) is 8.42. The van der Waals surface area contributed by atoms with Crippen molar-refractivity contribution >= 4 is 28.5 Å². The van der Waals surface area contributed by atoms with Gasteiger partial charge in [0.2, 0.25) is 5.91 Å². The minimum Gasteiger partial charge on any atom is -0.466 e. The van der Waals surface area contributed by atoms with Crippen molar-refractivity contribution in [3.63, 3.8) is 0 Å². The Morgan fingerprint density at radius 1 is 1.10 bits per heavy atom. The lowest BCUT2D eigenvalue weighted by Crippen LogP contribution is -2.43. The van der Waals surface area contributed by atoms with Crippen molar-refractivity contribution in [1.82, 2.24) is 9.47 Å². The minimum absolute atomic E-state index is 0.0200. The van der Waals surface area contributed by atoms with Gasteiger partial charge in [-0.25, -0.2) is 4.39 Å². The number of esters is 1. The standard InChI is InChI=1S/C32H32FN3O5/c1-2-41-32(38)24-11-7-15-34(20-24)31(37)18-27(23-10-6-12-25(33)16-23)29-21-35(19-22-8-4-3-5-9-22)30-14-13-26(36(39)40)17-28(29)30/h3-6,8-10,12-14,16-17,21,24,27H,2,7,11,15,18-20H2,1H3/t24-,27+/m1/s1. The van der Waals surface area contributed by atoms with Crippen LogP contribution in [0.15, 0.2) is 79.0 Å². The number of hydrogen-bond donors (Lipinski definition) is 0. The summed E-state index contributed by atoms with van der Waals surface area (Å²) in [4.78, 5) is 39.1. The molecular formula is C32H32FN3O5. The maximum Gasteiger partial charge on any atom is 0.310 e. The Balaban J connectivity index is 1.56. The summed E-state index contributed by atoms with van der Waals surface area (Å²) >= 11 is 0. The molecule has 3 aromatic carbocycles. The third-order valence-electron chi connectivity index (χ3n) is 7.70. The first-order chi connectivity index (χ1) is 19.8. The molecule has 2 atom stereocenters. The highest BCUT2D eigenvalue weighted by Gasteiger charge is 2.32. The second kappa shape index (κ2) is 12.3. The molecule has 41 heavy (non-hydrogen) atoms. The van der Waals surface area contributed by atoms with E-state index in [-0.39, 0.29) is 43.1 Å². The normalized spacial score (nSPS) is 16.0. The summed E-state index contributed by atoms with van der Waals surface area (Å²) in [6.45, 7) is 3.35. The second-order valence-electron chi connectivity index (χ2n) is 10.4. The van der Waals surface area contributed by atoms with E-state index in [4.69, 9.17) is 4.74 Å². The molecule has 1 aliphatic rings. The number of benzene rings is 3. The van der Waals surface area contributed by atoms with E-state index >= 15 is 0 Å². The average Bonchev–Trinajstić information content (AvgIpc) is 3.33. The Hall–Kier alpha value is -4.53. The number of nitro benzene ring substituents is 1. The van der Waals surface area contributed by atoms with Crippen LogP contribution in [0.25, 0.3) is 10.9 Å². The van der Waals surface area contributed by atoms with Crippen molar-refractivity contribution in [1.29, 1.82) is 0 Å². The lowest BCUT2D eigenvalue weighted by molar-refractivity contribution is -0.384. The molecule has 1 aromatic heterocycles. The number of carbonyl (C=O) groups excluding carboxylic acids is 2. The van der Waals surface area contributed by atoms with Crippen molar-refractivity contribution in [2.24, 2.45) is 5.92 Å². The number of amides is 1. The van der Waals surface area contributed by atoms with Gasteiger partial charge in [0, 0.05) is 61.2 Å². The van der Waals surface area contributed by atoms with Gasteiger partial charge in [-0.2, -0.15) is 0 Å². The zero-order chi connectivity index (χ0) is 28.9. The van der Waals surface area contributed by atoms with Gasteiger partial charge in [-0.15, -0.1) is 0 Å². The Morgan fingerprint density at radius 2 is 1.90 bits per heavy atom. The molecule has 1 aliphatic heterocycles. The molecule has 1 fully saturated rings.